The molecular formula is C13H24O2. The smallest absolute Gasteiger partial charge is 0.311 e. The summed E-state index contributed by atoms with van der Waals surface area (Å²) in [4.78, 5) is 11.6. The second-order valence-corrected chi connectivity index (χ2v) is 4.58. The molecule has 0 aliphatic carbocycles. The van der Waals surface area contributed by atoms with Gasteiger partial charge in [0, 0.05) is 0 Å². The summed E-state index contributed by atoms with van der Waals surface area (Å²) in [5, 5.41) is 0. The molecule has 2 nitrogen and oxygen atoms in total. The summed E-state index contributed by atoms with van der Waals surface area (Å²) in [5.41, 5.74) is -0.350. The third kappa shape index (κ3) is 6.32. The lowest BCUT2D eigenvalue weighted by Gasteiger charge is -2.21. The number of carbonyl (C=O) groups excluding carboxylic acids is 1. The molecular weight excluding hydrogens is 188 g/mol. The fourth-order valence-corrected chi connectivity index (χ4v) is 1.43. The SMILES string of the molecule is C=CCOC(=O)C(C)(C)CCCCCC. The molecule has 0 aliphatic heterocycles. The van der Waals surface area contributed by atoms with Crippen molar-refractivity contribution in [2.75, 3.05) is 6.61 Å². The largest absolute Gasteiger partial charge is 0.461 e. The lowest BCUT2D eigenvalue weighted by atomic mass is 9.87. The Morgan fingerprint density at radius 3 is 2.53 bits per heavy atom. The number of hydrogen-bond donors (Lipinski definition) is 0. The van der Waals surface area contributed by atoms with Crippen LogP contribution >= 0.6 is 0 Å². The zero-order valence-corrected chi connectivity index (χ0v) is 10.3. The molecule has 0 radical (unpaired) electrons. The van der Waals surface area contributed by atoms with Gasteiger partial charge in [0.1, 0.15) is 6.61 Å². The molecule has 0 saturated carbocycles. The first-order chi connectivity index (χ1) is 7.04. The topological polar surface area (TPSA) is 26.3 Å². The molecule has 15 heavy (non-hydrogen) atoms. The highest BCUT2D eigenvalue weighted by atomic mass is 16.5. The Morgan fingerprint density at radius 2 is 2.00 bits per heavy atom. The van der Waals surface area contributed by atoms with Crippen molar-refractivity contribution in [3.63, 3.8) is 0 Å². The van der Waals surface area contributed by atoms with E-state index in [2.05, 4.69) is 13.5 Å². The van der Waals surface area contributed by atoms with E-state index >= 15 is 0 Å². The van der Waals surface area contributed by atoms with Gasteiger partial charge in [0.05, 0.1) is 5.41 Å². The first-order valence-electron chi connectivity index (χ1n) is 5.82. The van der Waals surface area contributed by atoms with Crippen molar-refractivity contribution in [2.45, 2.75) is 52.9 Å². The number of ether oxygens (including phenoxy) is 1. The summed E-state index contributed by atoms with van der Waals surface area (Å²) < 4.78 is 5.06. The molecule has 0 N–H and O–H groups in total. The van der Waals surface area contributed by atoms with E-state index in [-0.39, 0.29) is 11.4 Å². The Morgan fingerprint density at radius 1 is 1.33 bits per heavy atom. The van der Waals surface area contributed by atoms with Crippen molar-refractivity contribution < 1.29 is 9.53 Å². The summed E-state index contributed by atoms with van der Waals surface area (Å²) in [6.45, 7) is 9.92. The van der Waals surface area contributed by atoms with E-state index < -0.39 is 0 Å². The van der Waals surface area contributed by atoms with Crippen LogP contribution in [0.1, 0.15) is 52.9 Å². The highest BCUT2D eigenvalue weighted by Crippen LogP contribution is 2.25. The lowest BCUT2D eigenvalue weighted by molar-refractivity contribution is -0.153. The molecule has 0 aliphatic rings. The number of carbonyl (C=O) groups is 1. The summed E-state index contributed by atoms with van der Waals surface area (Å²) in [7, 11) is 0. The molecule has 0 unspecified atom stereocenters. The highest BCUT2D eigenvalue weighted by Gasteiger charge is 2.28. The molecule has 0 spiro atoms. The third-order valence-electron chi connectivity index (χ3n) is 2.54. The standard InChI is InChI=1S/C13H24O2/c1-5-7-8-9-10-13(3,4)12(14)15-11-6-2/h6H,2,5,7-11H2,1,3-4H3. The molecule has 0 bridgehead atoms. The summed E-state index contributed by atoms with van der Waals surface area (Å²) >= 11 is 0. The molecule has 0 rings (SSSR count). The second kappa shape index (κ2) is 7.49. The fourth-order valence-electron chi connectivity index (χ4n) is 1.43. The van der Waals surface area contributed by atoms with Crippen LogP contribution in [-0.4, -0.2) is 12.6 Å². The van der Waals surface area contributed by atoms with Gasteiger partial charge < -0.3 is 4.74 Å². The van der Waals surface area contributed by atoms with Gasteiger partial charge in [-0.25, -0.2) is 0 Å². The molecule has 0 aromatic carbocycles. The predicted octanol–water partition coefficient (Wildman–Crippen LogP) is 3.71. The molecule has 0 amide bonds. The van der Waals surface area contributed by atoms with Crippen LogP contribution in [0.5, 0.6) is 0 Å². The van der Waals surface area contributed by atoms with Gasteiger partial charge in [-0.2, -0.15) is 0 Å². The Kier molecular flexibility index (Phi) is 7.10. The quantitative estimate of drug-likeness (QED) is 0.348. The molecule has 0 fully saturated rings. The highest BCUT2D eigenvalue weighted by molar-refractivity contribution is 5.75. The van der Waals surface area contributed by atoms with Crippen molar-refractivity contribution in [3.05, 3.63) is 12.7 Å². The van der Waals surface area contributed by atoms with E-state index in [1.165, 1.54) is 19.3 Å². The number of rotatable bonds is 8. The van der Waals surface area contributed by atoms with Gasteiger partial charge in [-0.3, -0.25) is 4.79 Å². The second-order valence-electron chi connectivity index (χ2n) is 4.58. The molecule has 0 aromatic rings. The van der Waals surface area contributed by atoms with Gasteiger partial charge in [-0.1, -0.05) is 45.3 Å². The third-order valence-corrected chi connectivity index (χ3v) is 2.54. The minimum atomic E-state index is -0.350. The summed E-state index contributed by atoms with van der Waals surface area (Å²) in [5.74, 6) is -0.112. The van der Waals surface area contributed by atoms with Crippen molar-refractivity contribution in [2.24, 2.45) is 5.41 Å². The van der Waals surface area contributed by atoms with E-state index in [4.69, 9.17) is 4.74 Å². The fraction of sp³-hybridized carbons (Fsp3) is 0.769. The van der Waals surface area contributed by atoms with E-state index in [0.717, 1.165) is 12.8 Å². The minimum Gasteiger partial charge on any atom is -0.461 e. The minimum absolute atomic E-state index is 0.112. The molecule has 0 heterocycles. The van der Waals surface area contributed by atoms with Gasteiger partial charge >= 0.3 is 5.97 Å². The van der Waals surface area contributed by atoms with Crippen molar-refractivity contribution in [1.82, 2.24) is 0 Å². The van der Waals surface area contributed by atoms with Crippen LogP contribution in [0, 0.1) is 5.41 Å². The van der Waals surface area contributed by atoms with Crippen LogP contribution in [0.15, 0.2) is 12.7 Å². The number of unbranched alkanes of at least 4 members (excludes halogenated alkanes) is 3. The first kappa shape index (κ1) is 14.2. The van der Waals surface area contributed by atoms with Crippen molar-refractivity contribution in [1.29, 1.82) is 0 Å². The van der Waals surface area contributed by atoms with Crippen LogP contribution in [0.4, 0.5) is 0 Å². The summed E-state index contributed by atoms with van der Waals surface area (Å²) in [6, 6.07) is 0. The van der Waals surface area contributed by atoms with Gasteiger partial charge in [-0.15, -0.1) is 0 Å². The Balaban J connectivity index is 3.82. The van der Waals surface area contributed by atoms with Crippen LogP contribution in [0.25, 0.3) is 0 Å². The van der Waals surface area contributed by atoms with E-state index in [1.807, 2.05) is 13.8 Å². The van der Waals surface area contributed by atoms with Crippen LogP contribution in [-0.2, 0) is 9.53 Å². The molecule has 0 atom stereocenters. The Hall–Kier alpha value is -0.790. The zero-order chi connectivity index (χ0) is 11.7. The van der Waals surface area contributed by atoms with Gasteiger partial charge in [0.2, 0.25) is 0 Å². The van der Waals surface area contributed by atoms with E-state index in [0.29, 0.717) is 6.61 Å². The maximum absolute atomic E-state index is 11.6. The van der Waals surface area contributed by atoms with E-state index in [1.54, 1.807) is 6.08 Å². The van der Waals surface area contributed by atoms with Crippen LogP contribution in [0.2, 0.25) is 0 Å². The molecule has 0 aromatic heterocycles. The monoisotopic (exact) mass is 212 g/mol. The number of esters is 1. The van der Waals surface area contributed by atoms with Gasteiger partial charge in [0.25, 0.3) is 0 Å². The van der Waals surface area contributed by atoms with Gasteiger partial charge in [0.15, 0.2) is 0 Å². The molecule has 0 saturated heterocycles. The maximum atomic E-state index is 11.6. The molecule has 88 valence electrons. The summed E-state index contributed by atoms with van der Waals surface area (Å²) in [6.07, 6.45) is 7.28. The number of hydrogen-bond acceptors (Lipinski definition) is 2. The van der Waals surface area contributed by atoms with Crippen LogP contribution < -0.4 is 0 Å². The van der Waals surface area contributed by atoms with Crippen molar-refractivity contribution >= 4 is 5.97 Å². The normalized spacial score (nSPS) is 11.1. The first-order valence-corrected chi connectivity index (χ1v) is 5.82. The lowest BCUT2D eigenvalue weighted by Crippen LogP contribution is -2.26. The average Bonchev–Trinajstić information content (AvgIpc) is 2.21. The van der Waals surface area contributed by atoms with E-state index in [9.17, 15) is 4.79 Å². The van der Waals surface area contributed by atoms with Gasteiger partial charge in [-0.05, 0) is 20.3 Å². The Labute approximate surface area is 93.7 Å². The Bertz CT molecular complexity index is 195. The van der Waals surface area contributed by atoms with Crippen molar-refractivity contribution in [3.8, 4) is 0 Å². The maximum Gasteiger partial charge on any atom is 0.311 e. The molecule has 2 heteroatoms. The van der Waals surface area contributed by atoms with Crippen LogP contribution in [0.3, 0.4) is 0 Å². The zero-order valence-electron chi connectivity index (χ0n) is 10.3. The average molecular weight is 212 g/mol. The predicted molar refractivity (Wildman–Crippen MR) is 63.7 cm³/mol.